The molecule has 1 aromatic heterocycles. The Hall–Kier alpha value is -2.21. The highest BCUT2D eigenvalue weighted by Crippen LogP contribution is 2.34. The van der Waals surface area contributed by atoms with Crippen molar-refractivity contribution in [1.29, 1.82) is 0 Å². The van der Waals surface area contributed by atoms with Crippen molar-refractivity contribution in [2.24, 2.45) is 5.73 Å². The van der Waals surface area contributed by atoms with E-state index in [9.17, 15) is 13.2 Å². The lowest BCUT2D eigenvalue weighted by Crippen LogP contribution is -2.06. The minimum atomic E-state index is -4.35. The van der Waals surface area contributed by atoms with Crippen LogP contribution in [0.5, 0.6) is 5.75 Å². The van der Waals surface area contributed by atoms with Crippen LogP contribution in [-0.4, -0.2) is 11.7 Å². The molecule has 2 aromatic carbocycles. The zero-order chi connectivity index (χ0) is 14.3. The molecule has 0 aliphatic carbocycles. The Kier molecular flexibility index (Phi) is 2.83. The lowest BCUT2D eigenvalue weighted by atomic mass is 10.1. The molecule has 0 unspecified atom stereocenters. The summed E-state index contributed by atoms with van der Waals surface area (Å²) >= 11 is 0. The van der Waals surface area contributed by atoms with Gasteiger partial charge in [-0.1, -0.05) is 6.07 Å². The van der Waals surface area contributed by atoms with Gasteiger partial charge < -0.3 is 9.72 Å². The van der Waals surface area contributed by atoms with E-state index in [1.807, 2.05) is 0 Å². The van der Waals surface area contributed by atoms with Crippen LogP contribution in [0.3, 0.4) is 0 Å². The summed E-state index contributed by atoms with van der Waals surface area (Å²) in [6, 6.07) is 8.92. The number of hydrogen-bond acceptors (Lipinski definition) is 2. The number of H-pyrrole nitrogens is 1. The molecular formula is C14H11F3N2O. The second-order valence-corrected chi connectivity index (χ2v) is 4.40. The second-order valence-electron chi connectivity index (χ2n) is 4.40. The number of aromatic nitrogens is 1. The van der Waals surface area contributed by atoms with Crippen LogP contribution in [0.4, 0.5) is 13.2 Å². The van der Waals surface area contributed by atoms with Crippen LogP contribution in [0.2, 0.25) is 0 Å². The van der Waals surface area contributed by atoms with Crippen LogP contribution in [0.15, 0.2) is 36.4 Å². The van der Waals surface area contributed by atoms with Crippen LogP contribution in [-0.2, 0) is 6.18 Å². The number of alkyl halides is 3. The van der Waals surface area contributed by atoms with Crippen LogP contribution in [0, 0.1) is 0 Å². The lowest BCUT2D eigenvalue weighted by Gasteiger charge is -2.05. The maximum atomic E-state index is 12.7. The van der Waals surface area contributed by atoms with Crippen molar-refractivity contribution in [1.82, 2.24) is 4.98 Å². The molecule has 104 valence electrons. The number of nitrogens with one attached hydrogen (secondary N) is 1. The standard InChI is InChI=1S/C14H11F3N2O/c15-14(16,17)8-1-3-10-11-4-2-9(20-7-18)6-13(11)19-12(10)5-8/h1-6,19H,7,18H2. The maximum absolute atomic E-state index is 12.7. The van der Waals surface area contributed by atoms with Crippen molar-refractivity contribution >= 4 is 21.8 Å². The summed E-state index contributed by atoms with van der Waals surface area (Å²) in [5.41, 5.74) is 5.78. The van der Waals surface area contributed by atoms with Crippen LogP contribution < -0.4 is 10.5 Å². The molecule has 3 nitrogen and oxygen atoms in total. The first-order chi connectivity index (χ1) is 9.49. The van der Waals surface area contributed by atoms with Crippen LogP contribution in [0.25, 0.3) is 21.8 Å². The minimum absolute atomic E-state index is 0.0456. The van der Waals surface area contributed by atoms with E-state index in [1.54, 1.807) is 18.2 Å². The van der Waals surface area contributed by atoms with Crippen LogP contribution in [0.1, 0.15) is 5.56 Å². The normalized spacial score (nSPS) is 12.2. The first-order valence-corrected chi connectivity index (χ1v) is 5.94. The van der Waals surface area contributed by atoms with E-state index in [4.69, 9.17) is 10.5 Å². The largest absolute Gasteiger partial charge is 0.479 e. The van der Waals surface area contributed by atoms with E-state index in [0.29, 0.717) is 16.8 Å². The molecule has 0 saturated carbocycles. The van der Waals surface area contributed by atoms with Crippen molar-refractivity contribution in [3.8, 4) is 5.75 Å². The number of hydrogen-bond donors (Lipinski definition) is 2. The van der Waals surface area contributed by atoms with E-state index >= 15 is 0 Å². The van der Waals surface area contributed by atoms with E-state index in [1.165, 1.54) is 6.07 Å². The Bertz CT molecular complexity index is 777. The molecule has 0 fully saturated rings. The molecular weight excluding hydrogens is 269 g/mol. The highest BCUT2D eigenvalue weighted by molar-refractivity contribution is 6.07. The number of benzene rings is 2. The van der Waals surface area contributed by atoms with Crippen molar-refractivity contribution in [3.05, 3.63) is 42.0 Å². The minimum Gasteiger partial charge on any atom is -0.479 e. The van der Waals surface area contributed by atoms with Crippen LogP contribution >= 0.6 is 0 Å². The summed E-state index contributed by atoms with van der Waals surface area (Å²) in [5, 5.41) is 1.59. The van der Waals surface area contributed by atoms with E-state index in [2.05, 4.69) is 4.98 Å². The van der Waals surface area contributed by atoms with Gasteiger partial charge >= 0.3 is 6.18 Å². The Morgan fingerprint density at radius 2 is 1.65 bits per heavy atom. The van der Waals surface area contributed by atoms with Gasteiger partial charge in [-0.15, -0.1) is 0 Å². The number of halogens is 3. The van der Waals surface area contributed by atoms with Gasteiger partial charge in [0.1, 0.15) is 12.5 Å². The molecule has 3 aromatic rings. The fourth-order valence-corrected chi connectivity index (χ4v) is 2.25. The Labute approximate surface area is 112 Å². The first kappa shape index (κ1) is 12.8. The van der Waals surface area contributed by atoms with Gasteiger partial charge in [-0.3, -0.25) is 5.73 Å². The molecule has 20 heavy (non-hydrogen) atoms. The predicted molar refractivity (Wildman–Crippen MR) is 70.5 cm³/mol. The molecule has 3 rings (SSSR count). The molecule has 0 aliphatic heterocycles. The number of rotatable bonds is 2. The summed E-state index contributed by atoms with van der Waals surface area (Å²) in [7, 11) is 0. The van der Waals surface area contributed by atoms with Gasteiger partial charge in [0, 0.05) is 22.4 Å². The number of aromatic amines is 1. The smallest absolute Gasteiger partial charge is 0.416 e. The average Bonchev–Trinajstić information content (AvgIpc) is 2.74. The van der Waals surface area contributed by atoms with Gasteiger partial charge in [-0.05, 0) is 24.3 Å². The van der Waals surface area contributed by atoms with E-state index in [0.717, 1.165) is 22.9 Å². The lowest BCUT2D eigenvalue weighted by molar-refractivity contribution is -0.137. The van der Waals surface area contributed by atoms with Gasteiger partial charge in [0.25, 0.3) is 0 Å². The number of nitrogens with two attached hydrogens (primary N) is 1. The molecule has 3 N–H and O–H groups in total. The fraction of sp³-hybridized carbons (Fsp3) is 0.143. The highest BCUT2D eigenvalue weighted by atomic mass is 19.4. The van der Waals surface area contributed by atoms with Gasteiger partial charge in [-0.2, -0.15) is 13.2 Å². The molecule has 1 heterocycles. The average molecular weight is 280 g/mol. The van der Waals surface area contributed by atoms with Gasteiger partial charge in [0.15, 0.2) is 0 Å². The zero-order valence-electron chi connectivity index (χ0n) is 10.3. The van der Waals surface area contributed by atoms with Crippen molar-refractivity contribution < 1.29 is 17.9 Å². The number of ether oxygens (including phenoxy) is 1. The third kappa shape index (κ3) is 2.08. The zero-order valence-corrected chi connectivity index (χ0v) is 10.3. The number of fused-ring (bicyclic) bond motifs is 3. The fourth-order valence-electron chi connectivity index (χ4n) is 2.25. The van der Waals surface area contributed by atoms with Gasteiger partial charge in [0.05, 0.1) is 11.1 Å². The molecule has 0 bridgehead atoms. The molecule has 6 heteroatoms. The molecule has 0 amide bonds. The summed E-state index contributed by atoms with van der Waals surface area (Å²) in [6.07, 6.45) is -4.35. The summed E-state index contributed by atoms with van der Waals surface area (Å²) in [4.78, 5) is 2.97. The first-order valence-electron chi connectivity index (χ1n) is 5.94. The molecule has 0 aliphatic rings. The third-order valence-electron chi connectivity index (χ3n) is 3.15. The molecule has 0 spiro atoms. The van der Waals surface area contributed by atoms with E-state index < -0.39 is 11.7 Å². The SMILES string of the molecule is NCOc1ccc2c(c1)[nH]c1cc(C(F)(F)F)ccc12. The quantitative estimate of drug-likeness (QED) is 0.704. The molecule has 0 saturated heterocycles. The van der Waals surface area contributed by atoms with Crippen molar-refractivity contribution in [2.45, 2.75) is 6.18 Å². The maximum Gasteiger partial charge on any atom is 0.416 e. The second kappa shape index (κ2) is 4.42. The monoisotopic (exact) mass is 280 g/mol. The summed E-state index contributed by atoms with van der Waals surface area (Å²) in [6.45, 7) is 0.0456. The Morgan fingerprint density at radius 1 is 1.00 bits per heavy atom. The predicted octanol–water partition coefficient (Wildman–Crippen LogP) is 3.63. The van der Waals surface area contributed by atoms with Crippen molar-refractivity contribution in [3.63, 3.8) is 0 Å². The summed E-state index contributed by atoms with van der Waals surface area (Å²) < 4.78 is 43.2. The highest BCUT2D eigenvalue weighted by Gasteiger charge is 2.30. The molecule has 0 radical (unpaired) electrons. The Morgan fingerprint density at radius 3 is 2.30 bits per heavy atom. The third-order valence-corrected chi connectivity index (χ3v) is 3.15. The van der Waals surface area contributed by atoms with Gasteiger partial charge in [0.2, 0.25) is 0 Å². The van der Waals surface area contributed by atoms with Crippen molar-refractivity contribution in [2.75, 3.05) is 6.73 Å². The van der Waals surface area contributed by atoms with Gasteiger partial charge in [-0.25, -0.2) is 0 Å². The van der Waals surface area contributed by atoms with E-state index in [-0.39, 0.29) is 6.73 Å². The topological polar surface area (TPSA) is 51.0 Å². The summed E-state index contributed by atoms with van der Waals surface area (Å²) in [5.74, 6) is 0.572. The Balaban J connectivity index is 2.19. The molecule has 0 atom stereocenters.